The minimum Gasteiger partial charge on any atom is -0.0622 e. The Morgan fingerprint density at radius 2 is 0.455 bits per heavy atom. The van der Waals surface area contributed by atoms with Crippen molar-refractivity contribution in [3.63, 3.8) is 0 Å². The molecule has 0 nitrogen and oxygen atoms in total. The van der Waals surface area contributed by atoms with E-state index in [1.165, 1.54) is 195 Å². The van der Waals surface area contributed by atoms with Gasteiger partial charge in [0.05, 0.1) is 0 Å². The van der Waals surface area contributed by atoms with E-state index in [4.69, 9.17) is 0 Å². The zero-order valence-corrected chi connectivity index (χ0v) is 66.8. The van der Waals surface area contributed by atoms with Crippen LogP contribution >= 0.6 is 0 Å². The van der Waals surface area contributed by atoms with Crippen LogP contribution in [-0.4, -0.2) is 0 Å². The predicted molar refractivity (Wildman–Crippen MR) is 471 cm³/mol. The lowest BCUT2D eigenvalue weighted by Gasteiger charge is -2.25. The maximum absolute atomic E-state index is 2.35. The van der Waals surface area contributed by atoms with Crippen molar-refractivity contribution in [2.24, 2.45) is 0 Å². The first-order valence-corrected chi connectivity index (χ1v) is 39.5. The summed E-state index contributed by atoms with van der Waals surface area (Å²) in [6.07, 6.45) is 0. The van der Waals surface area contributed by atoms with Crippen molar-refractivity contribution in [3.05, 3.63) is 417 Å². The standard InChI is InChI=1S/5C22H20/c1-15-8-6-9-16(14-15)17-11-7-13-20-21(17)18-10-4-5-12-19(18)22(20,2)3;1-15-11-13-16(14-12-15)17-8-6-9-19-18-7-4-5-10-20(18)22(2,3)21(17)19;1-15-11-13-16(14-12-15)17-8-6-10-20-21(17)18-7-4-5-9-19(18)22(20,2)3;1-15-13-14-17(16-9-5-4-6-10-16)20-18-11-7-8-12-19(18)22(2,3)21(15)20;1-15-13-14-17(16-9-5-4-6-10-16)21-20(15)18-11-7-8-12-19(18)22(21,2)3/h5*4-14H,1-3H3. The van der Waals surface area contributed by atoms with Crippen LogP contribution in [0.5, 0.6) is 0 Å². The molecule has 0 heterocycles. The smallest absolute Gasteiger partial charge is 0.0165 e. The fraction of sp³-hybridized carbons (Fsp3) is 0.182. The van der Waals surface area contributed by atoms with Crippen LogP contribution in [0.15, 0.2) is 334 Å². The molecule has 0 N–H and O–H groups in total. The number of hydrogen-bond donors (Lipinski definition) is 0. The molecule has 0 atom stereocenters. The number of hydrogen-bond acceptors (Lipinski definition) is 0. The Balaban J connectivity index is 0.000000104. The Labute approximate surface area is 655 Å². The summed E-state index contributed by atoms with van der Waals surface area (Å²) in [7, 11) is 0. The van der Waals surface area contributed by atoms with Gasteiger partial charge in [-0.1, -0.05) is 420 Å². The van der Waals surface area contributed by atoms with Gasteiger partial charge >= 0.3 is 0 Å². The second kappa shape index (κ2) is 28.4. The molecule has 0 unspecified atom stereocenters. The van der Waals surface area contributed by atoms with Gasteiger partial charge in [0.15, 0.2) is 0 Å². The molecule has 540 valence electrons. The van der Waals surface area contributed by atoms with Gasteiger partial charge in [-0.25, -0.2) is 0 Å². The van der Waals surface area contributed by atoms with E-state index >= 15 is 0 Å². The molecule has 0 fully saturated rings. The third-order valence-electron chi connectivity index (χ3n) is 24.8. The van der Waals surface area contributed by atoms with Crippen molar-refractivity contribution in [3.8, 4) is 111 Å². The first kappa shape index (κ1) is 72.5. The average molecular weight is 1420 g/mol. The Hall–Kier alpha value is -11.7. The van der Waals surface area contributed by atoms with Gasteiger partial charge in [-0.2, -0.15) is 0 Å². The van der Waals surface area contributed by atoms with Crippen LogP contribution in [0, 0.1) is 34.6 Å². The number of aryl methyl sites for hydroxylation is 5. The Kier molecular flexibility index (Phi) is 18.7. The van der Waals surface area contributed by atoms with Gasteiger partial charge < -0.3 is 0 Å². The van der Waals surface area contributed by atoms with E-state index < -0.39 is 0 Å². The zero-order valence-electron chi connectivity index (χ0n) is 66.8. The van der Waals surface area contributed by atoms with E-state index in [1.807, 2.05) is 0 Å². The lowest BCUT2D eigenvalue weighted by Crippen LogP contribution is -2.16. The summed E-state index contributed by atoms with van der Waals surface area (Å²) < 4.78 is 0. The maximum Gasteiger partial charge on any atom is 0.0165 e. The molecule has 0 spiro atoms. The third kappa shape index (κ3) is 12.4. The molecule has 15 aromatic rings. The summed E-state index contributed by atoms with van der Waals surface area (Å²) in [6.45, 7) is 34.3. The Morgan fingerprint density at radius 1 is 0.155 bits per heavy atom. The van der Waals surface area contributed by atoms with Gasteiger partial charge in [-0.15, -0.1) is 0 Å². The number of benzene rings is 15. The van der Waals surface area contributed by atoms with Gasteiger partial charge in [0.2, 0.25) is 0 Å². The van der Waals surface area contributed by atoms with Gasteiger partial charge in [-0.05, 0) is 213 Å². The van der Waals surface area contributed by atoms with Gasteiger partial charge in [0.1, 0.15) is 0 Å². The molecule has 5 aliphatic rings. The molecule has 0 saturated heterocycles. The fourth-order valence-electron chi connectivity index (χ4n) is 19.3. The summed E-state index contributed by atoms with van der Waals surface area (Å²) >= 11 is 0. The average Bonchev–Trinajstić information content (AvgIpc) is 1.80. The molecule has 0 radical (unpaired) electrons. The van der Waals surface area contributed by atoms with Crippen molar-refractivity contribution < 1.29 is 0 Å². The molecule has 0 heteroatoms. The summed E-state index contributed by atoms with van der Waals surface area (Å²) in [4.78, 5) is 0. The molecule has 5 aliphatic carbocycles. The summed E-state index contributed by atoms with van der Waals surface area (Å²) in [5.74, 6) is 0. The normalized spacial score (nSPS) is 14.5. The van der Waals surface area contributed by atoms with Gasteiger partial charge in [0.25, 0.3) is 0 Å². The van der Waals surface area contributed by atoms with Crippen LogP contribution in [0.2, 0.25) is 0 Å². The van der Waals surface area contributed by atoms with Gasteiger partial charge in [0, 0.05) is 27.1 Å². The van der Waals surface area contributed by atoms with E-state index in [0.29, 0.717) is 0 Å². The highest BCUT2D eigenvalue weighted by Gasteiger charge is 2.42. The van der Waals surface area contributed by atoms with Gasteiger partial charge in [-0.3, -0.25) is 0 Å². The molecule has 0 aromatic heterocycles. The molecule has 0 amide bonds. The van der Waals surface area contributed by atoms with E-state index in [2.05, 4.69) is 438 Å². The minimum atomic E-state index is 0.0448. The topological polar surface area (TPSA) is 0 Å². The van der Waals surface area contributed by atoms with Crippen LogP contribution in [0.25, 0.3) is 111 Å². The molecule has 0 aliphatic heterocycles. The highest BCUT2D eigenvalue weighted by molar-refractivity contribution is 5.97. The number of rotatable bonds is 5. The molecule has 20 rings (SSSR count). The van der Waals surface area contributed by atoms with Crippen molar-refractivity contribution in [1.82, 2.24) is 0 Å². The second-order valence-electron chi connectivity index (χ2n) is 33.7. The minimum absolute atomic E-state index is 0.0448. The summed E-state index contributed by atoms with van der Waals surface area (Å²) in [5.41, 5.74) is 48.8. The van der Waals surface area contributed by atoms with Crippen LogP contribution < -0.4 is 0 Å². The van der Waals surface area contributed by atoms with Crippen LogP contribution in [0.1, 0.15) is 153 Å². The predicted octanol–water partition coefficient (Wildman–Crippen LogP) is 29.8. The lowest BCUT2D eigenvalue weighted by molar-refractivity contribution is 0.656. The van der Waals surface area contributed by atoms with E-state index in [9.17, 15) is 0 Å². The maximum atomic E-state index is 2.35. The molecular formula is C110H100. The molecule has 110 heavy (non-hydrogen) atoms. The largest absolute Gasteiger partial charge is 0.0622 e. The Morgan fingerprint density at radius 3 is 0.964 bits per heavy atom. The third-order valence-corrected chi connectivity index (χ3v) is 24.8. The van der Waals surface area contributed by atoms with Crippen molar-refractivity contribution in [2.45, 2.75) is 131 Å². The SMILES string of the molecule is Cc1ccc(-c2cccc3c2-c2ccccc2C3(C)C)cc1.Cc1ccc(-c2cccc3c2C(C)(C)c2ccccc2-3)cc1.Cc1ccc(-c2ccccc2)c2c1-c1ccccc1C2(C)C.Cc1ccc(-c2ccccc2)c2c1C(C)(C)c1ccccc1-2.Cc1cccc(-c2cccc3c2-c2ccccc2C3(C)C)c1. The highest BCUT2D eigenvalue weighted by Crippen LogP contribution is 2.58. The molecular weight excluding hydrogens is 1320 g/mol. The fourth-order valence-corrected chi connectivity index (χ4v) is 19.3. The monoisotopic (exact) mass is 1420 g/mol. The van der Waals surface area contributed by atoms with Crippen molar-refractivity contribution in [2.75, 3.05) is 0 Å². The molecule has 0 bridgehead atoms. The second-order valence-corrected chi connectivity index (χ2v) is 33.7. The Bertz CT molecular complexity index is 6000. The highest BCUT2D eigenvalue weighted by atomic mass is 14.5. The van der Waals surface area contributed by atoms with Crippen molar-refractivity contribution >= 4 is 0 Å². The van der Waals surface area contributed by atoms with Crippen molar-refractivity contribution in [1.29, 1.82) is 0 Å². The number of fused-ring (bicyclic) bond motifs is 15. The zero-order chi connectivity index (χ0) is 76.6. The first-order chi connectivity index (χ1) is 53.0. The van der Waals surface area contributed by atoms with Crippen LogP contribution in [0.4, 0.5) is 0 Å². The van der Waals surface area contributed by atoms with E-state index in [1.54, 1.807) is 0 Å². The summed E-state index contributed by atoms with van der Waals surface area (Å²) in [5, 5.41) is 0. The quantitative estimate of drug-likeness (QED) is 0.161. The molecule has 15 aromatic carbocycles. The van der Waals surface area contributed by atoms with E-state index in [-0.39, 0.29) is 27.1 Å². The lowest BCUT2D eigenvalue weighted by atomic mass is 9.78. The van der Waals surface area contributed by atoms with Crippen LogP contribution in [-0.2, 0) is 27.1 Å². The summed E-state index contributed by atoms with van der Waals surface area (Å²) in [6, 6.07) is 122. The van der Waals surface area contributed by atoms with E-state index in [0.717, 1.165) is 0 Å². The van der Waals surface area contributed by atoms with Crippen LogP contribution in [0.3, 0.4) is 0 Å². The molecule has 0 saturated carbocycles. The first-order valence-electron chi connectivity index (χ1n) is 39.5.